The lowest BCUT2D eigenvalue weighted by molar-refractivity contribution is 0.0264. The highest BCUT2D eigenvalue weighted by molar-refractivity contribution is 7.89. The predicted molar refractivity (Wildman–Crippen MR) is 158 cm³/mol. The number of benzene rings is 4. The second-order valence-electron chi connectivity index (χ2n) is 9.63. The van der Waals surface area contributed by atoms with Gasteiger partial charge < -0.3 is 5.11 Å². The van der Waals surface area contributed by atoms with Gasteiger partial charge in [-0.3, -0.25) is 0 Å². The summed E-state index contributed by atoms with van der Waals surface area (Å²) in [6.45, 7) is 7.71. The highest BCUT2D eigenvalue weighted by atomic mass is 32.2. The summed E-state index contributed by atoms with van der Waals surface area (Å²) in [6, 6.07) is 32.1. The molecule has 39 heavy (non-hydrogen) atoms. The third-order valence-electron chi connectivity index (χ3n) is 6.70. The quantitative estimate of drug-likeness (QED) is 0.210. The summed E-state index contributed by atoms with van der Waals surface area (Å²) in [5, 5.41) is 12.6. The average molecular weight is 536 g/mol. The standard InChI is InChI=1S/C34H33NO3S/c1-4-25-35(39(37,38)32-21-17-28(3)18-22-32)33(26-30-13-9-6-10-14-30)34(36,31-19-15-27(2)16-20-31)24-23-29-11-7-5-8-12-29/h4-22,33,36H,1,25-26H2,2-3H3. The number of nitrogens with zero attached hydrogens (tertiary/aromatic N) is 1. The number of rotatable bonds is 9. The molecule has 0 aliphatic heterocycles. The maximum Gasteiger partial charge on any atom is 0.243 e. The van der Waals surface area contributed by atoms with Gasteiger partial charge in [-0.15, -0.1) is 6.58 Å². The van der Waals surface area contributed by atoms with Gasteiger partial charge in [-0.25, -0.2) is 8.42 Å². The monoisotopic (exact) mass is 535 g/mol. The molecule has 0 aliphatic rings. The average Bonchev–Trinajstić information content (AvgIpc) is 2.95. The van der Waals surface area contributed by atoms with Crippen LogP contribution in [0.1, 0.15) is 27.8 Å². The van der Waals surface area contributed by atoms with Crippen LogP contribution < -0.4 is 0 Å². The molecular formula is C34H33NO3S. The van der Waals surface area contributed by atoms with Crippen molar-refractivity contribution in [1.82, 2.24) is 4.31 Å². The van der Waals surface area contributed by atoms with Crippen molar-refractivity contribution in [2.45, 2.75) is 36.8 Å². The van der Waals surface area contributed by atoms with Crippen molar-refractivity contribution in [1.29, 1.82) is 0 Å². The normalized spacial score (nSPS) is 13.6. The largest absolute Gasteiger partial charge is 0.372 e. The first kappa shape index (κ1) is 28.1. The molecule has 0 aliphatic carbocycles. The molecule has 4 aromatic carbocycles. The molecule has 198 valence electrons. The van der Waals surface area contributed by atoms with Crippen molar-refractivity contribution < 1.29 is 13.5 Å². The third kappa shape index (κ3) is 6.55. The van der Waals surface area contributed by atoms with Crippen molar-refractivity contribution in [2.24, 2.45) is 0 Å². The van der Waals surface area contributed by atoms with Crippen LogP contribution in [0.4, 0.5) is 0 Å². The minimum absolute atomic E-state index is 0.00506. The Kier molecular flexibility index (Phi) is 8.83. The van der Waals surface area contributed by atoms with E-state index in [1.807, 2.05) is 98.8 Å². The summed E-state index contributed by atoms with van der Waals surface area (Å²) in [4.78, 5) is 0.148. The molecule has 4 nitrogen and oxygen atoms in total. The molecule has 2 atom stereocenters. The van der Waals surface area contributed by atoms with Crippen LogP contribution in [0.3, 0.4) is 0 Å². The summed E-state index contributed by atoms with van der Waals surface area (Å²) in [6.07, 6.45) is 1.78. The van der Waals surface area contributed by atoms with Gasteiger partial charge in [0.05, 0.1) is 10.9 Å². The van der Waals surface area contributed by atoms with Crippen LogP contribution >= 0.6 is 0 Å². The molecule has 0 spiro atoms. The lowest BCUT2D eigenvalue weighted by atomic mass is 9.82. The van der Waals surface area contributed by atoms with Gasteiger partial charge in [-0.1, -0.05) is 114 Å². The van der Waals surface area contributed by atoms with Gasteiger partial charge in [0, 0.05) is 12.1 Å². The Balaban J connectivity index is 1.96. The number of aryl methyl sites for hydroxylation is 2. The van der Waals surface area contributed by atoms with Gasteiger partial charge in [-0.05, 0) is 55.7 Å². The summed E-state index contributed by atoms with van der Waals surface area (Å²) in [5.41, 5.74) is 2.24. The zero-order chi connectivity index (χ0) is 27.9. The number of hydrogen-bond donors (Lipinski definition) is 1. The third-order valence-corrected chi connectivity index (χ3v) is 8.59. The van der Waals surface area contributed by atoms with E-state index in [0.717, 1.165) is 22.3 Å². The van der Waals surface area contributed by atoms with Crippen molar-refractivity contribution in [3.8, 4) is 11.8 Å². The van der Waals surface area contributed by atoms with Gasteiger partial charge in [0.25, 0.3) is 0 Å². The van der Waals surface area contributed by atoms with Crippen molar-refractivity contribution in [2.75, 3.05) is 6.54 Å². The zero-order valence-corrected chi connectivity index (χ0v) is 23.1. The van der Waals surface area contributed by atoms with Crippen molar-refractivity contribution >= 4 is 10.0 Å². The fourth-order valence-electron chi connectivity index (χ4n) is 4.51. The molecule has 0 bridgehead atoms. The van der Waals surface area contributed by atoms with E-state index in [-0.39, 0.29) is 17.9 Å². The van der Waals surface area contributed by atoms with E-state index in [1.165, 1.54) is 4.31 Å². The van der Waals surface area contributed by atoms with E-state index >= 15 is 0 Å². The molecule has 0 heterocycles. The molecule has 0 saturated heterocycles. The summed E-state index contributed by atoms with van der Waals surface area (Å²) < 4.78 is 29.7. The molecule has 0 aromatic heterocycles. The van der Waals surface area contributed by atoms with Gasteiger partial charge in [0.2, 0.25) is 10.0 Å². The fraction of sp³-hybridized carbons (Fsp3) is 0.176. The van der Waals surface area contributed by atoms with E-state index in [1.54, 1.807) is 30.3 Å². The minimum Gasteiger partial charge on any atom is -0.372 e. The second kappa shape index (κ2) is 12.3. The molecule has 5 heteroatoms. The summed E-state index contributed by atoms with van der Waals surface area (Å²) in [5.74, 6) is 6.22. The molecule has 0 saturated carbocycles. The first-order chi connectivity index (χ1) is 18.7. The minimum atomic E-state index is -4.05. The van der Waals surface area contributed by atoms with Crippen LogP contribution in [-0.2, 0) is 22.0 Å². The smallest absolute Gasteiger partial charge is 0.243 e. The van der Waals surface area contributed by atoms with Gasteiger partial charge in [0.1, 0.15) is 0 Å². The van der Waals surface area contributed by atoms with Crippen LogP contribution in [0.15, 0.2) is 127 Å². The Bertz CT molecular complexity index is 1550. The van der Waals surface area contributed by atoms with Crippen LogP contribution in [0, 0.1) is 25.7 Å². The Morgan fingerprint density at radius 3 is 1.95 bits per heavy atom. The Morgan fingerprint density at radius 2 is 1.38 bits per heavy atom. The Hall–Kier alpha value is -3.95. The van der Waals surface area contributed by atoms with Crippen molar-refractivity contribution in [3.05, 3.63) is 150 Å². The molecule has 4 aromatic rings. The van der Waals surface area contributed by atoms with Gasteiger partial charge >= 0.3 is 0 Å². The molecule has 0 radical (unpaired) electrons. The maximum atomic E-state index is 14.2. The van der Waals surface area contributed by atoms with Crippen LogP contribution in [0.2, 0.25) is 0 Å². The second-order valence-corrected chi connectivity index (χ2v) is 11.5. The Labute approximate surface area is 232 Å². The lowest BCUT2D eigenvalue weighted by Crippen LogP contribution is -2.53. The number of sulfonamides is 1. The number of hydrogen-bond acceptors (Lipinski definition) is 3. The fourth-order valence-corrected chi connectivity index (χ4v) is 6.12. The molecular weight excluding hydrogens is 502 g/mol. The highest BCUT2D eigenvalue weighted by Crippen LogP contribution is 2.34. The first-order valence-corrected chi connectivity index (χ1v) is 14.3. The molecule has 0 fully saturated rings. The first-order valence-electron chi connectivity index (χ1n) is 12.8. The highest BCUT2D eigenvalue weighted by Gasteiger charge is 2.45. The van der Waals surface area contributed by atoms with E-state index in [4.69, 9.17) is 0 Å². The SMILES string of the molecule is C=CCN(C(Cc1ccccc1)C(O)(C#Cc1ccccc1)c1ccc(C)cc1)S(=O)(=O)c1ccc(C)cc1. The Morgan fingerprint density at radius 1 is 0.846 bits per heavy atom. The summed E-state index contributed by atoms with van der Waals surface area (Å²) in [7, 11) is -4.05. The molecule has 1 N–H and O–H groups in total. The molecule has 0 amide bonds. The summed E-state index contributed by atoms with van der Waals surface area (Å²) >= 11 is 0. The maximum absolute atomic E-state index is 14.2. The van der Waals surface area contributed by atoms with Crippen LogP contribution in [-0.4, -0.2) is 30.4 Å². The zero-order valence-electron chi connectivity index (χ0n) is 22.3. The van der Waals surface area contributed by atoms with Crippen LogP contribution in [0.25, 0.3) is 0 Å². The number of aliphatic hydroxyl groups is 1. The predicted octanol–water partition coefficient (Wildman–Crippen LogP) is 6.03. The molecule has 4 rings (SSSR count). The van der Waals surface area contributed by atoms with E-state index in [0.29, 0.717) is 5.56 Å². The van der Waals surface area contributed by atoms with Gasteiger partial charge in [-0.2, -0.15) is 4.31 Å². The van der Waals surface area contributed by atoms with Crippen LogP contribution in [0.5, 0.6) is 0 Å². The molecule has 2 unspecified atom stereocenters. The van der Waals surface area contributed by atoms with Gasteiger partial charge in [0.15, 0.2) is 5.60 Å². The van der Waals surface area contributed by atoms with E-state index in [2.05, 4.69) is 18.4 Å². The van der Waals surface area contributed by atoms with Crippen molar-refractivity contribution in [3.63, 3.8) is 0 Å². The topological polar surface area (TPSA) is 57.6 Å². The lowest BCUT2D eigenvalue weighted by Gasteiger charge is -2.39. The van der Waals surface area contributed by atoms with E-state index < -0.39 is 21.7 Å². The van der Waals surface area contributed by atoms with E-state index in [9.17, 15) is 13.5 Å².